The van der Waals surface area contributed by atoms with Crippen molar-refractivity contribution in [3.05, 3.63) is 71.2 Å². The summed E-state index contributed by atoms with van der Waals surface area (Å²) in [6, 6.07) is 13.9. The van der Waals surface area contributed by atoms with E-state index in [0.29, 0.717) is 12.1 Å². The number of nitrogens with zero attached hydrogens (tertiary/aromatic N) is 1. The zero-order chi connectivity index (χ0) is 15.0. The molecule has 2 aromatic carbocycles. The van der Waals surface area contributed by atoms with Crippen molar-refractivity contribution < 1.29 is 14.3 Å². The molecule has 3 rings (SSSR count). The van der Waals surface area contributed by atoms with Gasteiger partial charge in [-0.05, 0) is 48.2 Å². The molecule has 0 spiro atoms. The maximum atomic E-state index is 13.6. The Morgan fingerprint density at radius 3 is 2.71 bits per heavy atom. The molecular formula is C17H14FNO2. The van der Waals surface area contributed by atoms with Gasteiger partial charge in [0.25, 0.3) is 0 Å². The molecule has 0 unspecified atom stereocenters. The monoisotopic (exact) mass is 283 g/mol. The number of carboxylic acids is 1. The van der Waals surface area contributed by atoms with Crippen LogP contribution in [0.4, 0.5) is 4.39 Å². The van der Waals surface area contributed by atoms with Crippen molar-refractivity contribution in [3.63, 3.8) is 0 Å². The Labute approximate surface area is 121 Å². The molecule has 0 atom stereocenters. The van der Waals surface area contributed by atoms with Gasteiger partial charge in [-0.15, -0.1) is 0 Å². The number of para-hydroxylation sites is 1. The third-order valence-corrected chi connectivity index (χ3v) is 3.56. The van der Waals surface area contributed by atoms with E-state index >= 15 is 0 Å². The summed E-state index contributed by atoms with van der Waals surface area (Å²) in [5.41, 5.74) is 2.71. The third-order valence-electron chi connectivity index (χ3n) is 3.56. The van der Waals surface area contributed by atoms with Crippen LogP contribution >= 0.6 is 0 Å². The molecule has 4 heteroatoms. The van der Waals surface area contributed by atoms with Crippen molar-refractivity contribution in [1.29, 1.82) is 0 Å². The van der Waals surface area contributed by atoms with Gasteiger partial charge < -0.3 is 9.67 Å². The Hall–Kier alpha value is -2.62. The fourth-order valence-electron chi connectivity index (χ4n) is 2.61. The van der Waals surface area contributed by atoms with E-state index in [9.17, 15) is 9.18 Å². The summed E-state index contributed by atoms with van der Waals surface area (Å²) in [4.78, 5) is 11.0. The molecule has 0 bridgehead atoms. The van der Waals surface area contributed by atoms with Crippen LogP contribution < -0.4 is 0 Å². The number of rotatable bonds is 3. The summed E-state index contributed by atoms with van der Waals surface area (Å²) in [6.07, 6.45) is 0. The standard InChI is InChI=1S/C17H14FNO2/c1-11-6-13-4-2-3-5-16(13)19(11)10-12-7-14(17(20)21)9-15(18)8-12/h2-9H,10H2,1H3,(H,20,21). The quantitative estimate of drug-likeness (QED) is 0.793. The average molecular weight is 283 g/mol. The first kappa shape index (κ1) is 13.4. The minimum atomic E-state index is -1.12. The number of carboxylic acid groups (broad SMARTS) is 1. The van der Waals surface area contributed by atoms with Crippen LogP contribution in [0.5, 0.6) is 0 Å². The van der Waals surface area contributed by atoms with Crippen molar-refractivity contribution in [1.82, 2.24) is 4.57 Å². The van der Waals surface area contributed by atoms with Crippen molar-refractivity contribution in [3.8, 4) is 0 Å². The largest absolute Gasteiger partial charge is 0.478 e. The molecule has 1 heterocycles. The van der Waals surface area contributed by atoms with E-state index in [1.165, 1.54) is 12.1 Å². The summed E-state index contributed by atoms with van der Waals surface area (Å²) in [6.45, 7) is 2.43. The van der Waals surface area contributed by atoms with Gasteiger partial charge in [-0.2, -0.15) is 0 Å². The number of hydrogen-bond donors (Lipinski definition) is 1. The van der Waals surface area contributed by atoms with Crippen LogP contribution in [0.3, 0.4) is 0 Å². The lowest BCUT2D eigenvalue weighted by Gasteiger charge is -2.09. The van der Waals surface area contributed by atoms with Gasteiger partial charge in [0.05, 0.1) is 5.56 Å². The van der Waals surface area contributed by atoms with Crippen molar-refractivity contribution in [2.24, 2.45) is 0 Å². The molecule has 0 radical (unpaired) electrons. The molecule has 0 saturated carbocycles. The highest BCUT2D eigenvalue weighted by Crippen LogP contribution is 2.21. The lowest BCUT2D eigenvalue weighted by Crippen LogP contribution is -2.04. The van der Waals surface area contributed by atoms with E-state index in [4.69, 9.17) is 5.11 Å². The zero-order valence-electron chi connectivity index (χ0n) is 11.5. The van der Waals surface area contributed by atoms with Gasteiger partial charge >= 0.3 is 5.97 Å². The Kier molecular flexibility index (Phi) is 3.22. The van der Waals surface area contributed by atoms with Crippen LogP contribution in [-0.2, 0) is 6.54 Å². The smallest absolute Gasteiger partial charge is 0.335 e. The van der Waals surface area contributed by atoms with E-state index < -0.39 is 11.8 Å². The fraction of sp³-hybridized carbons (Fsp3) is 0.118. The molecule has 0 saturated heterocycles. The van der Waals surface area contributed by atoms with Crippen molar-refractivity contribution in [2.45, 2.75) is 13.5 Å². The normalized spacial score (nSPS) is 11.0. The summed E-state index contributed by atoms with van der Waals surface area (Å²) >= 11 is 0. The first-order chi connectivity index (χ1) is 10.0. The highest BCUT2D eigenvalue weighted by atomic mass is 19.1. The van der Waals surface area contributed by atoms with Crippen LogP contribution in [0.1, 0.15) is 21.6 Å². The number of halogens is 1. The van der Waals surface area contributed by atoms with E-state index in [2.05, 4.69) is 10.6 Å². The number of fused-ring (bicyclic) bond motifs is 1. The Bertz CT molecular complexity index is 836. The number of carbonyl (C=O) groups is 1. The molecule has 0 aliphatic heterocycles. The highest BCUT2D eigenvalue weighted by Gasteiger charge is 2.10. The molecule has 0 fully saturated rings. The molecule has 1 aromatic heterocycles. The van der Waals surface area contributed by atoms with E-state index in [-0.39, 0.29) is 5.56 Å². The van der Waals surface area contributed by atoms with Crippen molar-refractivity contribution >= 4 is 16.9 Å². The third kappa shape index (κ3) is 2.52. The van der Waals surface area contributed by atoms with Gasteiger partial charge in [0.15, 0.2) is 0 Å². The summed E-state index contributed by atoms with van der Waals surface area (Å²) in [5.74, 6) is -1.65. The average Bonchev–Trinajstić information content (AvgIpc) is 2.75. The van der Waals surface area contributed by atoms with E-state index in [0.717, 1.165) is 22.7 Å². The molecule has 21 heavy (non-hydrogen) atoms. The molecule has 0 aliphatic carbocycles. The maximum Gasteiger partial charge on any atom is 0.335 e. The summed E-state index contributed by atoms with van der Waals surface area (Å²) in [7, 11) is 0. The van der Waals surface area contributed by atoms with Crippen LogP contribution in [-0.4, -0.2) is 15.6 Å². The van der Waals surface area contributed by atoms with E-state index in [1.54, 1.807) is 0 Å². The van der Waals surface area contributed by atoms with Gasteiger partial charge in [0.2, 0.25) is 0 Å². The second kappa shape index (κ2) is 5.05. The lowest BCUT2D eigenvalue weighted by atomic mass is 10.1. The molecule has 106 valence electrons. The van der Waals surface area contributed by atoms with Crippen LogP contribution in [0.2, 0.25) is 0 Å². The zero-order valence-corrected chi connectivity index (χ0v) is 11.5. The highest BCUT2D eigenvalue weighted by molar-refractivity contribution is 5.87. The maximum absolute atomic E-state index is 13.6. The minimum absolute atomic E-state index is 0.0286. The molecular weight excluding hydrogens is 269 g/mol. The number of hydrogen-bond acceptors (Lipinski definition) is 1. The predicted molar refractivity (Wildman–Crippen MR) is 79.1 cm³/mol. The number of benzene rings is 2. The topological polar surface area (TPSA) is 42.2 Å². The second-order valence-corrected chi connectivity index (χ2v) is 5.08. The second-order valence-electron chi connectivity index (χ2n) is 5.08. The van der Waals surface area contributed by atoms with Crippen LogP contribution in [0, 0.1) is 12.7 Å². The summed E-state index contributed by atoms with van der Waals surface area (Å²) < 4.78 is 15.6. The van der Waals surface area contributed by atoms with Gasteiger partial charge in [-0.1, -0.05) is 18.2 Å². The molecule has 1 N–H and O–H groups in total. The summed E-state index contributed by atoms with van der Waals surface area (Å²) in [5, 5.41) is 10.1. The number of aromatic carboxylic acids is 1. The van der Waals surface area contributed by atoms with Crippen LogP contribution in [0.15, 0.2) is 48.5 Å². The predicted octanol–water partition coefficient (Wildman–Crippen LogP) is 3.84. The molecule has 0 aliphatic rings. The first-order valence-corrected chi connectivity index (χ1v) is 6.62. The Balaban J connectivity index is 2.06. The minimum Gasteiger partial charge on any atom is -0.478 e. The van der Waals surface area contributed by atoms with Crippen LogP contribution in [0.25, 0.3) is 10.9 Å². The van der Waals surface area contributed by atoms with Gasteiger partial charge in [-0.3, -0.25) is 0 Å². The van der Waals surface area contributed by atoms with Crippen molar-refractivity contribution in [2.75, 3.05) is 0 Å². The van der Waals surface area contributed by atoms with Gasteiger partial charge in [-0.25, -0.2) is 9.18 Å². The molecule has 3 nitrogen and oxygen atoms in total. The Morgan fingerprint density at radius 2 is 1.95 bits per heavy atom. The Morgan fingerprint density at radius 1 is 1.19 bits per heavy atom. The number of aryl methyl sites for hydroxylation is 1. The SMILES string of the molecule is Cc1cc2ccccc2n1Cc1cc(F)cc(C(=O)O)c1. The molecule has 3 aromatic rings. The molecule has 0 amide bonds. The van der Waals surface area contributed by atoms with E-state index in [1.807, 2.05) is 31.2 Å². The first-order valence-electron chi connectivity index (χ1n) is 6.62. The fourth-order valence-corrected chi connectivity index (χ4v) is 2.61. The number of aromatic nitrogens is 1. The lowest BCUT2D eigenvalue weighted by molar-refractivity contribution is 0.0696. The van der Waals surface area contributed by atoms with Gasteiger partial charge in [0, 0.05) is 17.8 Å². The van der Waals surface area contributed by atoms with Gasteiger partial charge in [0.1, 0.15) is 5.82 Å².